The third kappa shape index (κ3) is 3.54. The van der Waals surface area contributed by atoms with Gasteiger partial charge < -0.3 is 19.7 Å². The van der Waals surface area contributed by atoms with Crippen LogP contribution in [0.1, 0.15) is 19.3 Å². The highest BCUT2D eigenvalue weighted by Crippen LogP contribution is 2.36. The first-order valence-electron chi connectivity index (χ1n) is 8.34. The molecule has 0 aromatic heterocycles. The molecule has 2 aliphatic heterocycles. The molecule has 0 aliphatic carbocycles. The summed E-state index contributed by atoms with van der Waals surface area (Å²) in [5, 5.41) is 3.36. The quantitative estimate of drug-likeness (QED) is 0.907. The lowest BCUT2D eigenvalue weighted by atomic mass is 10.00. The molecule has 2 aliphatic rings. The van der Waals surface area contributed by atoms with E-state index in [4.69, 9.17) is 21.1 Å². The summed E-state index contributed by atoms with van der Waals surface area (Å²) in [5.41, 5.74) is 0.555. The number of fused-ring (bicyclic) bond motifs is 1. The second kappa shape index (κ2) is 7.49. The first-order chi connectivity index (χ1) is 11.6. The van der Waals surface area contributed by atoms with Crippen LogP contribution in [0.25, 0.3) is 0 Å². The summed E-state index contributed by atoms with van der Waals surface area (Å²) in [6.45, 7) is 3.62. The smallest absolute Gasteiger partial charge is 0.322 e. The first-order valence-corrected chi connectivity index (χ1v) is 8.71. The maximum atomic E-state index is 12.6. The van der Waals surface area contributed by atoms with Crippen molar-refractivity contribution in [1.82, 2.24) is 9.80 Å². The number of hydrogen-bond acceptors (Lipinski definition) is 4. The molecule has 0 unspecified atom stereocenters. The topological polar surface area (TPSA) is 54.0 Å². The molecule has 2 fully saturated rings. The number of anilines is 1. The number of halogens is 1. The number of amides is 2. The van der Waals surface area contributed by atoms with Gasteiger partial charge in [0, 0.05) is 31.7 Å². The number of piperazine rings is 1. The second-order valence-electron chi connectivity index (χ2n) is 6.25. The molecule has 1 atom stereocenters. The number of carbonyl (C=O) groups is 1. The summed E-state index contributed by atoms with van der Waals surface area (Å²) in [6, 6.07) is 3.71. The molecule has 0 saturated carbocycles. The van der Waals surface area contributed by atoms with Crippen LogP contribution in [-0.2, 0) is 0 Å². The van der Waals surface area contributed by atoms with E-state index >= 15 is 0 Å². The molecule has 24 heavy (non-hydrogen) atoms. The predicted octanol–water partition coefficient (Wildman–Crippen LogP) is 3.06. The van der Waals surface area contributed by atoms with E-state index in [9.17, 15) is 4.79 Å². The Morgan fingerprint density at radius 2 is 1.96 bits per heavy atom. The number of piperidine rings is 1. The lowest BCUT2D eigenvalue weighted by Crippen LogP contribution is -2.56. The number of ether oxygens (including phenoxy) is 2. The minimum Gasteiger partial charge on any atom is -0.495 e. The van der Waals surface area contributed by atoms with Crippen molar-refractivity contribution in [2.75, 3.05) is 45.7 Å². The van der Waals surface area contributed by atoms with Crippen LogP contribution in [0.4, 0.5) is 10.5 Å². The van der Waals surface area contributed by atoms with Gasteiger partial charge in [-0.2, -0.15) is 0 Å². The molecule has 1 N–H and O–H groups in total. The average Bonchev–Trinajstić information content (AvgIpc) is 2.61. The van der Waals surface area contributed by atoms with E-state index < -0.39 is 0 Å². The normalized spacial score (nSPS) is 21.1. The maximum Gasteiger partial charge on any atom is 0.322 e. The van der Waals surface area contributed by atoms with Crippen LogP contribution in [-0.4, -0.2) is 62.3 Å². The molecule has 2 amide bonds. The van der Waals surface area contributed by atoms with Crippen molar-refractivity contribution in [3.8, 4) is 11.5 Å². The number of nitrogens with zero attached hydrogens (tertiary/aromatic N) is 2. The Bertz CT molecular complexity index is 611. The summed E-state index contributed by atoms with van der Waals surface area (Å²) >= 11 is 6.17. The lowest BCUT2D eigenvalue weighted by Gasteiger charge is -2.43. The van der Waals surface area contributed by atoms with Crippen LogP contribution in [0.5, 0.6) is 11.5 Å². The number of urea groups is 1. The van der Waals surface area contributed by atoms with Crippen molar-refractivity contribution < 1.29 is 14.3 Å². The number of rotatable bonds is 3. The fraction of sp³-hybridized carbons (Fsp3) is 0.588. The summed E-state index contributed by atoms with van der Waals surface area (Å²) in [4.78, 5) is 17.0. The van der Waals surface area contributed by atoms with E-state index in [1.54, 1.807) is 26.4 Å². The predicted molar refractivity (Wildman–Crippen MR) is 94.4 cm³/mol. The highest BCUT2D eigenvalue weighted by Gasteiger charge is 2.31. The molecule has 0 spiro atoms. The van der Waals surface area contributed by atoms with Gasteiger partial charge in [0.1, 0.15) is 11.5 Å². The largest absolute Gasteiger partial charge is 0.495 e. The zero-order chi connectivity index (χ0) is 17.1. The minimum absolute atomic E-state index is 0.111. The molecule has 1 aromatic rings. The van der Waals surface area contributed by atoms with Crippen molar-refractivity contribution in [3.05, 3.63) is 17.2 Å². The fourth-order valence-corrected chi connectivity index (χ4v) is 3.73. The van der Waals surface area contributed by atoms with Crippen molar-refractivity contribution in [1.29, 1.82) is 0 Å². The van der Waals surface area contributed by atoms with Gasteiger partial charge in [0.15, 0.2) is 0 Å². The van der Waals surface area contributed by atoms with Crippen LogP contribution >= 0.6 is 11.6 Å². The van der Waals surface area contributed by atoms with Crippen molar-refractivity contribution in [2.24, 2.45) is 0 Å². The van der Waals surface area contributed by atoms with Gasteiger partial charge in [-0.05, 0) is 25.5 Å². The molecule has 3 rings (SSSR count). The number of benzene rings is 1. The van der Waals surface area contributed by atoms with E-state index in [1.165, 1.54) is 19.3 Å². The summed E-state index contributed by atoms with van der Waals surface area (Å²) in [7, 11) is 3.10. The molecule has 0 bridgehead atoms. The van der Waals surface area contributed by atoms with E-state index in [2.05, 4.69) is 10.2 Å². The molecular weight excluding hydrogens is 330 g/mol. The van der Waals surface area contributed by atoms with Crippen molar-refractivity contribution >= 4 is 23.3 Å². The SMILES string of the molecule is COc1cc(OC)c(NC(=O)N2CCN3CCCC[C@H]3C2)cc1Cl. The molecule has 2 saturated heterocycles. The van der Waals surface area contributed by atoms with E-state index in [-0.39, 0.29) is 6.03 Å². The van der Waals surface area contributed by atoms with Gasteiger partial charge in [-0.1, -0.05) is 18.0 Å². The van der Waals surface area contributed by atoms with Crippen LogP contribution in [0.3, 0.4) is 0 Å². The molecule has 7 heteroatoms. The van der Waals surface area contributed by atoms with Crippen molar-refractivity contribution in [3.63, 3.8) is 0 Å². The van der Waals surface area contributed by atoms with Crippen LogP contribution in [0.2, 0.25) is 5.02 Å². The summed E-state index contributed by atoms with van der Waals surface area (Å²) in [6.07, 6.45) is 3.68. The number of hydrogen-bond donors (Lipinski definition) is 1. The van der Waals surface area contributed by atoms with Crippen LogP contribution in [0, 0.1) is 0 Å². The van der Waals surface area contributed by atoms with Gasteiger partial charge in [-0.3, -0.25) is 4.90 Å². The Kier molecular flexibility index (Phi) is 5.36. The van der Waals surface area contributed by atoms with Crippen LogP contribution < -0.4 is 14.8 Å². The van der Waals surface area contributed by atoms with E-state index in [1.807, 2.05) is 4.90 Å². The molecule has 1 aromatic carbocycles. The molecule has 2 heterocycles. The Balaban J connectivity index is 1.69. The van der Waals surface area contributed by atoms with E-state index in [0.29, 0.717) is 28.3 Å². The van der Waals surface area contributed by atoms with Gasteiger partial charge in [0.25, 0.3) is 0 Å². The zero-order valence-electron chi connectivity index (χ0n) is 14.2. The lowest BCUT2D eigenvalue weighted by molar-refractivity contribution is 0.0678. The second-order valence-corrected chi connectivity index (χ2v) is 6.66. The van der Waals surface area contributed by atoms with Gasteiger partial charge in [-0.25, -0.2) is 4.79 Å². The first kappa shape index (κ1) is 17.2. The van der Waals surface area contributed by atoms with Gasteiger partial charge in [0.05, 0.1) is 24.9 Å². The number of carbonyl (C=O) groups excluding carboxylic acids is 1. The Hall–Kier alpha value is -1.66. The summed E-state index contributed by atoms with van der Waals surface area (Å²) in [5.74, 6) is 1.04. The van der Waals surface area contributed by atoms with Crippen LogP contribution in [0.15, 0.2) is 12.1 Å². The standard InChI is InChI=1S/C17H24ClN3O3/c1-23-15-10-16(24-2)14(9-13(15)18)19-17(22)21-8-7-20-6-4-3-5-12(20)11-21/h9-10,12H,3-8,11H2,1-2H3,(H,19,22)/t12-/m0/s1. The molecule has 6 nitrogen and oxygen atoms in total. The maximum absolute atomic E-state index is 12.6. The average molecular weight is 354 g/mol. The zero-order valence-corrected chi connectivity index (χ0v) is 14.9. The number of nitrogens with one attached hydrogen (secondary N) is 1. The number of methoxy groups -OCH3 is 2. The highest BCUT2D eigenvalue weighted by molar-refractivity contribution is 6.32. The molecular formula is C17H24ClN3O3. The Morgan fingerprint density at radius 1 is 1.17 bits per heavy atom. The Morgan fingerprint density at radius 3 is 2.71 bits per heavy atom. The monoisotopic (exact) mass is 353 g/mol. The third-order valence-corrected chi connectivity index (χ3v) is 5.14. The van der Waals surface area contributed by atoms with Gasteiger partial charge in [-0.15, -0.1) is 0 Å². The molecule has 0 radical (unpaired) electrons. The molecule has 132 valence electrons. The van der Waals surface area contributed by atoms with Crippen molar-refractivity contribution in [2.45, 2.75) is 25.3 Å². The van der Waals surface area contributed by atoms with Gasteiger partial charge >= 0.3 is 6.03 Å². The Labute approximate surface area is 147 Å². The van der Waals surface area contributed by atoms with E-state index in [0.717, 1.165) is 26.2 Å². The third-order valence-electron chi connectivity index (χ3n) is 4.84. The highest BCUT2D eigenvalue weighted by atomic mass is 35.5. The fourth-order valence-electron chi connectivity index (χ4n) is 3.49. The van der Waals surface area contributed by atoms with Gasteiger partial charge in [0.2, 0.25) is 0 Å². The summed E-state index contributed by atoms with van der Waals surface area (Å²) < 4.78 is 10.5. The minimum atomic E-state index is -0.111.